The predicted molar refractivity (Wildman–Crippen MR) is 107 cm³/mol. The molecule has 0 radical (unpaired) electrons. The lowest BCUT2D eigenvalue weighted by atomic mass is 10.2. The summed E-state index contributed by atoms with van der Waals surface area (Å²) in [6.45, 7) is 0. The van der Waals surface area contributed by atoms with Crippen LogP contribution in [0.4, 0.5) is 0 Å². The Morgan fingerprint density at radius 2 is 1.24 bits per heavy atom. The summed E-state index contributed by atoms with van der Waals surface area (Å²) in [7, 11) is -3.01. The van der Waals surface area contributed by atoms with Gasteiger partial charge < -0.3 is 4.57 Å². The van der Waals surface area contributed by atoms with Gasteiger partial charge in [0.05, 0.1) is 0 Å². The smallest absolute Gasteiger partial charge is 0.165 e. The molecule has 0 aliphatic rings. The lowest BCUT2D eigenvalue weighted by Crippen LogP contribution is -2.14. The third-order valence-corrected chi connectivity index (χ3v) is 7.38. The van der Waals surface area contributed by atoms with Crippen molar-refractivity contribution in [3.63, 3.8) is 0 Å². The highest BCUT2D eigenvalue weighted by Gasteiger charge is 2.25. The first-order chi connectivity index (χ1) is 12.2. The fourth-order valence-electron chi connectivity index (χ4n) is 2.57. The molecular formula is C21H16NOPS. The molecule has 0 unspecified atom stereocenters. The van der Waals surface area contributed by atoms with E-state index in [-0.39, 0.29) is 0 Å². The minimum atomic E-state index is -3.01. The van der Waals surface area contributed by atoms with E-state index in [0.717, 1.165) is 27.9 Å². The minimum absolute atomic E-state index is 0.708. The molecule has 3 aromatic carbocycles. The molecule has 3 rings (SSSR count). The highest BCUT2D eigenvalue weighted by atomic mass is 32.2. The van der Waals surface area contributed by atoms with Gasteiger partial charge in [-0.05, 0) is 23.1 Å². The maximum Gasteiger partial charge on any atom is 0.165 e. The van der Waals surface area contributed by atoms with Gasteiger partial charge in [-0.15, -0.1) is 0 Å². The fourth-order valence-corrected chi connectivity index (χ4v) is 5.89. The molecule has 0 atom stereocenters. The van der Waals surface area contributed by atoms with E-state index in [1.807, 2.05) is 91.0 Å². The van der Waals surface area contributed by atoms with Crippen LogP contribution in [-0.4, -0.2) is 0 Å². The molecule has 0 fully saturated rings. The van der Waals surface area contributed by atoms with Gasteiger partial charge >= 0.3 is 0 Å². The number of nitriles is 1. The molecule has 0 heterocycles. The molecular weight excluding hydrogens is 345 g/mol. The standard InChI is InChI=1S/C21H16NOPS/c22-17-25-21(18-10-4-1-5-11-18)16-24(23,19-12-6-2-7-13-19)20-14-8-3-9-15-20/h1-16H. The predicted octanol–water partition coefficient (Wildman–Crippen LogP) is 5.21. The van der Waals surface area contributed by atoms with Crippen molar-refractivity contribution in [1.82, 2.24) is 0 Å². The Morgan fingerprint density at radius 3 is 1.68 bits per heavy atom. The van der Waals surface area contributed by atoms with Crippen LogP contribution < -0.4 is 10.6 Å². The number of nitrogens with zero attached hydrogens (tertiary/aromatic N) is 1. The summed E-state index contributed by atoms with van der Waals surface area (Å²) in [6, 6.07) is 28.5. The molecule has 0 spiro atoms. The number of hydrogen-bond acceptors (Lipinski definition) is 3. The molecule has 3 aromatic rings. The normalized spacial score (nSPS) is 11.7. The maximum absolute atomic E-state index is 14.1. The highest BCUT2D eigenvalue weighted by Crippen LogP contribution is 2.49. The Kier molecular flexibility index (Phi) is 5.56. The van der Waals surface area contributed by atoms with Gasteiger partial charge in [0, 0.05) is 15.5 Å². The van der Waals surface area contributed by atoms with Crippen molar-refractivity contribution in [2.24, 2.45) is 0 Å². The van der Waals surface area contributed by atoms with Crippen LogP contribution in [0.2, 0.25) is 0 Å². The lowest BCUT2D eigenvalue weighted by molar-refractivity contribution is 0.592. The quantitative estimate of drug-likeness (QED) is 0.462. The Hall–Kier alpha value is -2.53. The van der Waals surface area contributed by atoms with Crippen LogP contribution in [0.25, 0.3) is 4.91 Å². The van der Waals surface area contributed by atoms with Crippen molar-refractivity contribution >= 4 is 34.4 Å². The van der Waals surface area contributed by atoms with Crippen LogP contribution in [0.3, 0.4) is 0 Å². The van der Waals surface area contributed by atoms with Crippen LogP contribution >= 0.6 is 18.9 Å². The molecule has 4 heteroatoms. The van der Waals surface area contributed by atoms with Crippen molar-refractivity contribution in [1.29, 1.82) is 5.26 Å². The largest absolute Gasteiger partial charge is 0.309 e. The number of thioether (sulfide) groups is 1. The number of thiocyanates is 1. The number of benzene rings is 3. The third-order valence-electron chi connectivity index (χ3n) is 3.79. The van der Waals surface area contributed by atoms with Crippen LogP contribution in [-0.2, 0) is 4.57 Å². The number of rotatable bonds is 5. The molecule has 0 aliphatic heterocycles. The molecule has 0 bridgehead atoms. The van der Waals surface area contributed by atoms with Gasteiger partial charge in [-0.1, -0.05) is 91.0 Å². The topological polar surface area (TPSA) is 40.9 Å². The second-order valence-electron chi connectivity index (χ2n) is 5.38. The maximum atomic E-state index is 14.1. The van der Waals surface area contributed by atoms with Gasteiger partial charge in [0.25, 0.3) is 0 Å². The Bertz CT molecular complexity index is 904. The molecule has 0 aromatic heterocycles. The second kappa shape index (κ2) is 8.03. The zero-order valence-electron chi connectivity index (χ0n) is 13.4. The van der Waals surface area contributed by atoms with Gasteiger partial charge in [0.1, 0.15) is 5.40 Å². The molecule has 0 saturated carbocycles. The van der Waals surface area contributed by atoms with Gasteiger partial charge in [0.15, 0.2) is 7.14 Å². The number of hydrogen-bond donors (Lipinski definition) is 0. The van der Waals surface area contributed by atoms with Crippen molar-refractivity contribution in [3.05, 3.63) is 102 Å². The summed E-state index contributed by atoms with van der Waals surface area (Å²) >= 11 is 1.04. The molecule has 25 heavy (non-hydrogen) atoms. The van der Waals surface area contributed by atoms with Crippen molar-refractivity contribution < 1.29 is 4.57 Å². The van der Waals surface area contributed by atoms with E-state index >= 15 is 0 Å². The first-order valence-electron chi connectivity index (χ1n) is 7.79. The molecule has 0 saturated heterocycles. The molecule has 0 aliphatic carbocycles. The summed E-state index contributed by atoms with van der Waals surface area (Å²) in [5, 5.41) is 12.9. The van der Waals surface area contributed by atoms with Gasteiger partial charge in [-0.2, -0.15) is 5.26 Å². The molecule has 122 valence electrons. The van der Waals surface area contributed by atoms with Crippen molar-refractivity contribution in [3.8, 4) is 5.40 Å². The van der Waals surface area contributed by atoms with E-state index in [2.05, 4.69) is 5.40 Å². The van der Waals surface area contributed by atoms with Crippen molar-refractivity contribution in [2.75, 3.05) is 0 Å². The Balaban J connectivity index is 2.21. The van der Waals surface area contributed by atoms with E-state index in [1.165, 1.54) is 0 Å². The van der Waals surface area contributed by atoms with E-state index in [4.69, 9.17) is 0 Å². The molecule has 2 nitrogen and oxygen atoms in total. The lowest BCUT2D eigenvalue weighted by Gasteiger charge is -2.17. The average Bonchev–Trinajstić information content (AvgIpc) is 2.69. The van der Waals surface area contributed by atoms with E-state index in [0.29, 0.717) is 4.91 Å². The van der Waals surface area contributed by atoms with Crippen LogP contribution in [0.1, 0.15) is 5.56 Å². The fraction of sp³-hybridized carbons (Fsp3) is 0. The van der Waals surface area contributed by atoms with E-state index < -0.39 is 7.14 Å². The van der Waals surface area contributed by atoms with Crippen LogP contribution in [0, 0.1) is 10.7 Å². The summed E-state index contributed by atoms with van der Waals surface area (Å²) < 4.78 is 14.1. The van der Waals surface area contributed by atoms with Crippen molar-refractivity contribution in [2.45, 2.75) is 0 Å². The first-order valence-corrected chi connectivity index (χ1v) is 10.4. The summed E-state index contributed by atoms with van der Waals surface area (Å²) in [4.78, 5) is 0.708. The zero-order valence-corrected chi connectivity index (χ0v) is 15.2. The first kappa shape index (κ1) is 17.3. The van der Waals surface area contributed by atoms with E-state index in [9.17, 15) is 9.83 Å². The monoisotopic (exact) mass is 361 g/mol. The van der Waals surface area contributed by atoms with E-state index in [1.54, 1.807) is 5.82 Å². The minimum Gasteiger partial charge on any atom is -0.309 e. The van der Waals surface area contributed by atoms with Gasteiger partial charge in [-0.25, -0.2) is 0 Å². The highest BCUT2D eigenvalue weighted by molar-refractivity contribution is 8.12. The summed E-state index contributed by atoms with van der Waals surface area (Å²) in [5.41, 5.74) is 0.890. The Morgan fingerprint density at radius 1 is 0.800 bits per heavy atom. The van der Waals surface area contributed by atoms with Crippen LogP contribution in [0.15, 0.2) is 96.8 Å². The SMILES string of the molecule is N#CSC(=CP(=O)(c1ccccc1)c1ccccc1)c1ccccc1. The zero-order chi connectivity index (χ0) is 17.5. The molecule has 0 amide bonds. The van der Waals surface area contributed by atoms with Crippen LogP contribution in [0.5, 0.6) is 0 Å². The Labute approximate surface area is 152 Å². The molecule has 0 N–H and O–H groups in total. The summed E-state index contributed by atoms with van der Waals surface area (Å²) in [5.74, 6) is 1.76. The van der Waals surface area contributed by atoms with Gasteiger partial charge in [-0.3, -0.25) is 0 Å². The summed E-state index contributed by atoms with van der Waals surface area (Å²) in [6.07, 6.45) is 0. The second-order valence-corrected chi connectivity index (χ2v) is 8.82. The third kappa shape index (κ3) is 3.94. The average molecular weight is 361 g/mol. The van der Waals surface area contributed by atoms with Gasteiger partial charge in [0.2, 0.25) is 0 Å².